The number of carbonyl (C=O) groups excluding carboxylic acids is 2. The summed E-state index contributed by atoms with van der Waals surface area (Å²) >= 11 is 0. The molecule has 25 heavy (non-hydrogen) atoms. The van der Waals surface area contributed by atoms with Crippen LogP contribution in [0.3, 0.4) is 0 Å². The second-order valence-corrected chi connectivity index (χ2v) is 5.31. The SMILES string of the molecule is CC(=O)c1cccc(NC(=O)c2cnc(NCc3ccco3)cn2)c1. The van der Waals surface area contributed by atoms with E-state index in [2.05, 4.69) is 20.6 Å². The van der Waals surface area contributed by atoms with Crippen LogP contribution < -0.4 is 10.6 Å². The number of rotatable bonds is 6. The Morgan fingerprint density at radius 3 is 2.68 bits per heavy atom. The van der Waals surface area contributed by atoms with Crippen molar-refractivity contribution in [2.24, 2.45) is 0 Å². The lowest BCUT2D eigenvalue weighted by atomic mass is 10.1. The van der Waals surface area contributed by atoms with Gasteiger partial charge in [0.15, 0.2) is 5.78 Å². The monoisotopic (exact) mass is 336 g/mol. The molecule has 1 aromatic carbocycles. The zero-order valence-electron chi connectivity index (χ0n) is 13.5. The van der Waals surface area contributed by atoms with Gasteiger partial charge in [0.25, 0.3) is 5.91 Å². The van der Waals surface area contributed by atoms with Crippen molar-refractivity contribution in [2.45, 2.75) is 13.5 Å². The highest BCUT2D eigenvalue weighted by atomic mass is 16.3. The van der Waals surface area contributed by atoms with Gasteiger partial charge in [-0.2, -0.15) is 0 Å². The Labute approximate surface area is 144 Å². The van der Waals surface area contributed by atoms with Gasteiger partial charge in [-0.3, -0.25) is 9.59 Å². The average molecular weight is 336 g/mol. The van der Waals surface area contributed by atoms with Crippen molar-refractivity contribution >= 4 is 23.2 Å². The highest BCUT2D eigenvalue weighted by Crippen LogP contribution is 2.13. The molecule has 0 saturated carbocycles. The summed E-state index contributed by atoms with van der Waals surface area (Å²) in [5, 5.41) is 5.74. The van der Waals surface area contributed by atoms with E-state index in [1.165, 1.54) is 19.3 Å². The molecule has 0 aliphatic heterocycles. The molecule has 0 saturated heterocycles. The van der Waals surface area contributed by atoms with Crippen LogP contribution in [0, 0.1) is 0 Å². The van der Waals surface area contributed by atoms with Crippen LogP contribution in [0.15, 0.2) is 59.5 Å². The van der Waals surface area contributed by atoms with Gasteiger partial charge in [0.05, 0.1) is 25.2 Å². The number of carbonyl (C=O) groups is 2. The minimum atomic E-state index is -0.397. The quantitative estimate of drug-likeness (QED) is 0.671. The normalized spacial score (nSPS) is 10.3. The fraction of sp³-hybridized carbons (Fsp3) is 0.111. The number of nitrogens with one attached hydrogen (secondary N) is 2. The van der Waals surface area contributed by atoms with Crippen LogP contribution in [0.2, 0.25) is 0 Å². The topological polar surface area (TPSA) is 97.1 Å². The number of Topliss-reactive ketones (excluding diaryl/α,β-unsaturated/α-hetero) is 1. The molecule has 0 radical (unpaired) electrons. The molecular weight excluding hydrogens is 320 g/mol. The van der Waals surface area contributed by atoms with Crippen LogP contribution in [0.1, 0.15) is 33.5 Å². The van der Waals surface area contributed by atoms with Crippen molar-refractivity contribution in [2.75, 3.05) is 10.6 Å². The fourth-order valence-corrected chi connectivity index (χ4v) is 2.14. The molecule has 0 spiro atoms. The first-order valence-corrected chi connectivity index (χ1v) is 7.62. The van der Waals surface area contributed by atoms with Gasteiger partial charge >= 0.3 is 0 Å². The number of furan rings is 1. The lowest BCUT2D eigenvalue weighted by Gasteiger charge is -2.07. The van der Waals surface area contributed by atoms with Gasteiger partial charge in [-0.15, -0.1) is 0 Å². The first-order valence-electron chi connectivity index (χ1n) is 7.62. The fourth-order valence-electron chi connectivity index (χ4n) is 2.14. The van der Waals surface area contributed by atoms with Crippen molar-refractivity contribution < 1.29 is 14.0 Å². The molecule has 7 heteroatoms. The highest BCUT2D eigenvalue weighted by Gasteiger charge is 2.10. The van der Waals surface area contributed by atoms with Gasteiger partial charge in [0, 0.05) is 11.3 Å². The summed E-state index contributed by atoms with van der Waals surface area (Å²) in [6.45, 7) is 1.95. The largest absolute Gasteiger partial charge is 0.467 e. The number of hydrogen-bond acceptors (Lipinski definition) is 6. The van der Waals surface area contributed by atoms with Crippen molar-refractivity contribution in [3.8, 4) is 0 Å². The number of anilines is 2. The first kappa shape index (κ1) is 16.4. The van der Waals surface area contributed by atoms with E-state index in [1.807, 2.05) is 6.07 Å². The van der Waals surface area contributed by atoms with Gasteiger partial charge in [-0.25, -0.2) is 9.97 Å². The summed E-state index contributed by atoms with van der Waals surface area (Å²) in [5.41, 5.74) is 1.23. The zero-order valence-corrected chi connectivity index (χ0v) is 13.5. The summed E-state index contributed by atoms with van der Waals surface area (Å²) in [4.78, 5) is 31.9. The number of ketones is 1. The molecule has 3 aromatic rings. The van der Waals surface area contributed by atoms with Crippen LogP contribution in [0.4, 0.5) is 11.5 Å². The highest BCUT2D eigenvalue weighted by molar-refractivity contribution is 6.03. The van der Waals surface area contributed by atoms with E-state index in [0.717, 1.165) is 5.76 Å². The molecule has 126 valence electrons. The summed E-state index contributed by atoms with van der Waals surface area (Å²) < 4.78 is 5.21. The van der Waals surface area contributed by atoms with E-state index < -0.39 is 5.91 Å². The summed E-state index contributed by atoms with van der Waals surface area (Å²) in [6.07, 6.45) is 4.45. The Kier molecular flexibility index (Phi) is 4.84. The molecule has 2 N–H and O–H groups in total. The molecule has 2 aromatic heterocycles. The summed E-state index contributed by atoms with van der Waals surface area (Å²) in [7, 11) is 0. The number of hydrogen-bond donors (Lipinski definition) is 2. The standard InChI is InChI=1S/C18H16N4O3/c1-12(23)13-4-2-5-14(8-13)22-18(24)16-10-21-17(11-19-16)20-9-15-6-3-7-25-15/h2-8,10-11H,9H2,1H3,(H,20,21)(H,22,24). The summed E-state index contributed by atoms with van der Waals surface area (Å²) in [6, 6.07) is 10.4. The molecule has 7 nitrogen and oxygen atoms in total. The van der Waals surface area contributed by atoms with Crippen molar-refractivity contribution in [1.29, 1.82) is 0 Å². The van der Waals surface area contributed by atoms with Crippen molar-refractivity contribution in [1.82, 2.24) is 9.97 Å². The predicted molar refractivity (Wildman–Crippen MR) is 92.5 cm³/mol. The first-order chi connectivity index (χ1) is 12.1. The minimum absolute atomic E-state index is 0.0668. The molecule has 0 aliphatic carbocycles. The third-order valence-electron chi connectivity index (χ3n) is 3.44. The second kappa shape index (κ2) is 7.39. The molecule has 0 bridgehead atoms. The van der Waals surface area contributed by atoms with E-state index in [4.69, 9.17) is 4.42 Å². The predicted octanol–water partition coefficient (Wildman–Crippen LogP) is 3.14. The second-order valence-electron chi connectivity index (χ2n) is 5.31. The summed E-state index contributed by atoms with van der Waals surface area (Å²) in [5.74, 6) is 0.842. The van der Waals surface area contributed by atoms with Gasteiger partial charge < -0.3 is 15.1 Å². The Hall–Kier alpha value is -3.48. The van der Waals surface area contributed by atoms with Gasteiger partial charge in [0.1, 0.15) is 17.3 Å². The van der Waals surface area contributed by atoms with Crippen LogP contribution >= 0.6 is 0 Å². The van der Waals surface area contributed by atoms with E-state index in [1.54, 1.807) is 36.6 Å². The number of nitrogens with zero attached hydrogens (tertiary/aromatic N) is 2. The van der Waals surface area contributed by atoms with Crippen LogP contribution in [-0.2, 0) is 6.54 Å². The van der Waals surface area contributed by atoms with Crippen LogP contribution in [-0.4, -0.2) is 21.7 Å². The molecule has 0 unspecified atom stereocenters. The molecule has 0 fully saturated rings. The maximum Gasteiger partial charge on any atom is 0.275 e. The average Bonchev–Trinajstić information content (AvgIpc) is 3.14. The lowest BCUT2D eigenvalue weighted by molar-refractivity contribution is 0.100. The van der Waals surface area contributed by atoms with E-state index in [-0.39, 0.29) is 11.5 Å². The number of benzene rings is 1. The van der Waals surface area contributed by atoms with E-state index in [0.29, 0.717) is 23.6 Å². The molecule has 1 amide bonds. The van der Waals surface area contributed by atoms with E-state index in [9.17, 15) is 9.59 Å². The van der Waals surface area contributed by atoms with Gasteiger partial charge in [0.2, 0.25) is 0 Å². The van der Waals surface area contributed by atoms with Crippen molar-refractivity contribution in [3.63, 3.8) is 0 Å². The Balaban J connectivity index is 1.62. The van der Waals surface area contributed by atoms with Crippen LogP contribution in [0.5, 0.6) is 0 Å². The molecule has 0 atom stereocenters. The maximum atomic E-state index is 12.2. The number of amides is 1. The van der Waals surface area contributed by atoms with Gasteiger partial charge in [-0.1, -0.05) is 12.1 Å². The van der Waals surface area contributed by atoms with E-state index >= 15 is 0 Å². The molecule has 2 heterocycles. The third-order valence-corrected chi connectivity index (χ3v) is 3.44. The Morgan fingerprint density at radius 1 is 1.12 bits per heavy atom. The van der Waals surface area contributed by atoms with Gasteiger partial charge in [-0.05, 0) is 31.2 Å². The van der Waals surface area contributed by atoms with Crippen LogP contribution in [0.25, 0.3) is 0 Å². The van der Waals surface area contributed by atoms with Crippen molar-refractivity contribution in [3.05, 3.63) is 72.1 Å². The Morgan fingerprint density at radius 2 is 2.00 bits per heavy atom. The molecular formula is C18H16N4O3. The lowest BCUT2D eigenvalue weighted by Crippen LogP contribution is -2.14. The minimum Gasteiger partial charge on any atom is -0.467 e. The Bertz CT molecular complexity index is 874. The molecule has 0 aliphatic rings. The number of aromatic nitrogens is 2. The smallest absolute Gasteiger partial charge is 0.275 e. The maximum absolute atomic E-state index is 12.2. The molecule has 3 rings (SSSR count). The zero-order chi connectivity index (χ0) is 17.6. The third kappa shape index (κ3) is 4.29.